The first-order chi connectivity index (χ1) is 12.2. The van der Waals surface area contributed by atoms with E-state index >= 15 is 0 Å². The number of hydrogen-bond acceptors (Lipinski definition) is 3. The molecule has 0 aliphatic heterocycles. The van der Waals surface area contributed by atoms with E-state index in [1.165, 1.54) is 12.1 Å². The van der Waals surface area contributed by atoms with Crippen LogP contribution in [-0.2, 0) is 11.2 Å². The van der Waals surface area contributed by atoms with Gasteiger partial charge in [0.1, 0.15) is 11.4 Å². The molecule has 0 bridgehead atoms. The summed E-state index contributed by atoms with van der Waals surface area (Å²) in [4.78, 5) is 15.6. The van der Waals surface area contributed by atoms with Crippen LogP contribution in [-0.4, -0.2) is 44.3 Å². The predicted octanol–water partition coefficient (Wildman–Crippen LogP) is 3.10. The van der Waals surface area contributed by atoms with Crippen LogP contribution in [0.4, 0.5) is 9.18 Å². The summed E-state index contributed by atoms with van der Waals surface area (Å²) < 4.78 is 18.2. The number of guanidine groups is 1. The molecule has 26 heavy (non-hydrogen) atoms. The number of ether oxygens (including phenoxy) is 1. The summed E-state index contributed by atoms with van der Waals surface area (Å²) in [6.45, 7) is 7.23. The third-order valence-electron chi connectivity index (χ3n) is 3.24. The average Bonchev–Trinajstić information content (AvgIpc) is 2.53. The van der Waals surface area contributed by atoms with E-state index in [1.807, 2.05) is 20.8 Å². The van der Waals surface area contributed by atoms with Gasteiger partial charge in [0, 0.05) is 31.7 Å². The largest absolute Gasteiger partial charge is 0.444 e. The van der Waals surface area contributed by atoms with Crippen molar-refractivity contribution in [2.45, 2.75) is 39.2 Å². The van der Waals surface area contributed by atoms with Crippen molar-refractivity contribution in [3.05, 3.63) is 34.6 Å². The van der Waals surface area contributed by atoms with E-state index in [0.717, 1.165) is 12.0 Å². The van der Waals surface area contributed by atoms with Crippen molar-refractivity contribution < 1.29 is 13.9 Å². The number of carbonyl (C=O) groups is 1. The molecule has 0 aliphatic rings. The minimum Gasteiger partial charge on any atom is -0.444 e. The van der Waals surface area contributed by atoms with Crippen LogP contribution >= 0.6 is 11.6 Å². The number of benzene rings is 1. The minimum atomic E-state index is -0.498. The van der Waals surface area contributed by atoms with Gasteiger partial charge >= 0.3 is 6.09 Å². The van der Waals surface area contributed by atoms with Gasteiger partial charge in [-0.3, -0.25) is 4.99 Å². The zero-order valence-corrected chi connectivity index (χ0v) is 16.5. The standard InChI is InChI=1S/C18H28ClFN4O2/c1-18(2,3)26-17(25)24-10-5-9-22-16(21-4)23-11-8-13-6-7-14(20)12-15(13)19/h6-7,12H,5,8-11H2,1-4H3,(H,24,25)(H2,21,22,23). The molecule has 1 aromatic carbocycles. The third-order valence-corrected chi connectivity index (χ3v) is 3.59. The van der Waals surface area contributed by atoms with E-state index in [4.69, 9.17) is 16.3 Å². The van der Waals surface area contributed by atoms with Crippen LogP contribution in [0, 0.1) is 5.82 Å². The lowest BCUT2D eigenvalue weighted by Crippen LogP contribution is -2.40. The summed E-state index contributed by atoms with van der Waals surface area (Å²) in [5.74, 6) is 0.310. The highest BCUT2D eigenvalue weighted by atomic mass is 35.5. The molecule has 1 amide bonds. The molecule has 1 aromatic rings. The lowest BCUT2D eigenvalue weighted by molar-refractivity contribution is 0.0527. The lowest BCUT2D eigenvalue weighted by atomic mass is 10.1. The van der Waals surface area contributed by atoms with Crippen molar-refractivity contribution in [2.75, 3.05) is 26.7 Å². The Balaban J connectivity index is 2.20. The lowest BCUT2D eigenvalue weighted by Gasteiger charge is -2.19. The topological polar surface area (TPSA) is 74.8 Å². The maximum atomic E-state index is 13.0. The molecule has 8 heteroatoms. The minimum absolute atomic E-state index is 0.343. The number of carbonyl (C=O) groups excluding carboxylic acids is 1. The van der Waals surface area contributed by atoms with Crippen molar-refractivity contribution in [2.24, 2.45) is 4.99 Å². The van der Waals surface area contributed by atoms with Gasteiger partial charge in [0.05, 0.1) is 0 Å². The van der Waals surface area contributed by atoms with Gasteiger partial charge < -0.3 is 20.7 Å². The van der Waals surface area contributed by atoms with Gasteiger partial charge in [-0.1, -0.05) is 17.7 Å². The van der Waals surface area contributed by atoms with E-state index in [9.17, 15) is 9.18 Å². The molecule has 0 spiro atoms. The maximum Gasteiger partial charge on any atom is 0.407 e. The van der Waals surface area contributed by atoms with Gasteiger partial charge in [0.2, 0.25) is 0 Å². The highest BCUT2D eigenvalue weighted by Gasteiger charge is 2.15. The first-order valence-corrected chi connectivity index (χ1v) is 8.94. The number of alkyl carbamates (subject to hydrolysis) is 1. The highest BCUT2D eigenvalue weighted by Crippen LogP contribution is 2.17. The second-order valence-electron chi connectivity index (χ2n) is 6.69. The number of aliphatic imine (C=N–C) groups is 1. The molecule has 0 aliphatic carbocycles. The third kappa shape index (κ3) is 9.46. The number of rotatable bonds is 7. The summed E-state index contributed by atoms with van der Waals surface area (Å²) >= 11 is 6.00. The van der Waals surface area contributed by atoms with E-state index in [-0.39, 0.29) is 5.82 Å². The molecule has 0 radical (unpaired) electrons. The van der Waals surface area contributed by atoms with Gasteiger partial charge in [-0.05, 0) is 51.3 Å². The summed E-state index contributed by atoms with van der Waals surface area (Å²) in [6, 6.07) is 4.38. The van der Waals surface area contributed by atoms with Crippen molar-refractivity contribution in [3.63, 3.8) is 0 Å². The summed E-state index contributed by atoms with van der Waals surface area (Å²) in [6.07, 6.45) is 0.959. The summed E-state index contributed by atoms with van der Waals surface area (Å²) in [7, 11) is 1.68. The molecular formula is C18H28ClFN4O2. The molecule has 146 valence electrons. The Morgan fingerprint density at radius 2 is 1.85 bits per heavy atom. The van der Waals surface area contributed by atoms with Crippen LogP contribution in [0.1, 0.15) is 32.8 Å². The van der Waals surface area contributed by atoms with Crippen molar-refractivity contribution >= 4 is 23.7 Å². The smallest absolute Gasteiger partial charge is 0.407 e. The zero-order valence-electron chi connectivity index (χ0n) is 15.8. The van der Waals surface area contributed by atoms with E-state index in [2.05, 4.69) is 20.9 Å². The Morgan fingerprint density at radius 3 is 2.46 bits per heavy atom. The van der Waals surface area contributed by atoms with Crippen LogP contribution in [0.3, 0.4) is 0 Å². The van der Waals surface area contributed by atoms with Gasteiger partial charge in [-0.15, -0.1) is 0 Å². The molecule has 0 fully saturated rings. The van der Waals surface area contributed by atoms with Crippen LogP contribution in [0.25, 0.3) is 0 Å². The average molecular weight is 387 g/mol. The van der Waals surface area contributed by atoms with Crippen LogP contribution in [0.5, 0.6) is 0 Å². The Morgan fingerprint density at radius 1 is 1.19 bits per heavy atom. The Labute approximate surface area is 159 Å². The monoisotopic (exact) mass is 386 g/mol. The number of amides is 1. The van der Waals surface area contributed by atoms with Crippen LogP contribution in [0.2, 0.25) is 5.02 Å². The zero-order chi connectivity index (χ0) is 19.6. The number of nitrogens with one attached hydrogen (secondary N) is 3. The second-order valence-corrected chi connectivity index (χ2v) is 7.10. The summed E-state index contributed by atoms with van der Waals surface area (Å²) in [5, 5.41) is 9.44. The molecule has 3 N–H and O–H groups in total. The molecule has 0 saturated heterocycles. The van der Waals surface area contributed by atoms with Crippen molar-refractivity contribution in [1.82, 2.24) is 16.0 Å². The second kappa shape index (κ2) is 10.9. The quantitative estimate of drug-likeness (QED) is 0.382. The Hall–Kier alpha value is -2.02. The molecular weight excluding hydrogens is 359 g/mol. The fraction of sp³-hybridized carbons (Fsp3) is 0.556. The highest BCUT2D eigenvalue weighted by molar-refractivity contribution is 6.31. The Kier molecular flexibility index (Phi) is 9.19. The van der Waals surface area contributed by atoms with E-state index < -0.39 is 11.7 Å². The van der Waals surface area contributed by atoms with Gasteiger partial charge in [0.25, 0.3) is 0 Å². The molecule has 0 saturated carbocycles. The number of hydrogen-bond donors (Lipinski definition) is 3. The van der Waals surface area contributed by atoms with Gasteiger partial charge in [-0.25, -0.2) is 9.18 Å². The fourth-order valence-corrected chi connectivity index (χ4v) is 2.32. The van der Waals surface area contributed by atoms with E-state index in [1.54, 1.807) is 13.1 Å². The van der Waals surface area contributed by atoms with Gasteiger partial charge in [0.15, 0.2) is 5.96 Å². The molecule has 0 atom stereocenters. The van der Waals surface area contributed by atoms with Crippen LogP contribution in [0.15, 0.2) is 23.2 Å². The van der Waals surface area contributed by atoms with Gasteiger partial charge in [-0.2, -0.15) is 0 Å². The normalized spacial score (nSPS) is 11.8. The Bertz CT molecular complexity index is 618. The first kappa shape index (κ1) is 22.0. The van der Waals surface area contributed by atoms with E-state index in [0.29, 0.717) is 37.0 Å². The fourth-order valence-electron chi connectivity index (χ4n) is 2.06. The molecule has 6 nitrogen and oxygen atoms in total. The predicted molar refractivity (Wildman–Crippen MR) is 103 cm³/mol. The molecule has 0 unspecified atom stereocenters. The van der Waals surface area contributed by atoms with Crippen molar-refractivity contribution in [3.8, 4) is 0 Å². The molecule has 1 rings (SSSR count). The first-order valence-electron chi connectivity index (χ1n) is 8.56. The SMILES string of the molecule is CN=C(NCCCNC(=O)OC(C)(C)C)NCCc1ccc(F)cc1Cl. The molecule has 0 aromatic heterocycles. The number of nitrogens with zero attached hydrogens (tertiary/aromatic N) is 1. The number of halogens is 2. The summed E-state index contributed by atoms with van der Waals surface area (Å²) in [5.41, 5.74) is 0.374. The van der Waals surface area contributed by atoms with Crippen LogP contribution < -0.4 is 16.0 Å². The maximum absolute atomic E-state index is 13.0. The van der Waals surface area contributed by atoms with Crippen molar-refractivity contribution in [1.29, 1.82) is 0 Å². The molecule has 0 heterocycles.